The monoisotopic (exact) mass is 265 g/mol. The molecule has 1 aliphatic carbocycles. The SMILES string of the molecule is CCOC(C)(C)CNC(c1ccc(F)cc1)C1CC1. The predicted octanol–water partition coefficient (Wildman–Crippen LogP) is 3.68. The number of halogens is 1. The second-order valence-corrected chi connectivity index (χ2v) is 5.94. The molecule has 1 aromatic rings. The van der Waals surface area contributed by atoms with E-state index in [0.29, 0.717) is 12.0 Å². The maximum absolute atomic E-state index is 13.0. The highest BCUT2D eigenvalue weighted by Gasteiger charge is 2.33. The first kappa shape index (κ1) is 14.5. The number of hydrogen-bond acceptors (Lipinski definition) is 2. The molecule has 1 aromatic carbocycles. The van der Waals surface area contributed by atoms with Gasteiger partial charge in [0.1, 0.15) is 5.82 Å². The zero-order valence-corrected chi connectivity index (χ0v) is 12.1. The highest BCUT2D eigenvalue weighted by molar-refractivity contribution is 5.22. The highest BCUT2D eigenvalue weighted by Crippen LogP contribution is 2.41. The Morgan fingerprint density at radius 2 is 1.95 bits per heavy atom. The fourth-order valence-corrected chi connectivity index (χ4v) is 2.45. The van der Waals surface area contributed by atoms with Crippen molar-refractivity contribution in [1.82, 2.24) is 5.32 Å². The molecule has 19 heavy (non-hydrogen) atoms. The van der Waals surface area contributed by atoms with Crippen molar-refractivity contribution in [2.24, 2.45) is 5.92 Å². The summed E-state index contributed by atoms with van der Waals surface area (Å²) < 4.78 is 18.7. The van der Waals surface area contributed by atoms with Crippen molar-refractivity contribution >= 4 is 0 Å². The van der Waals surface area contributed by atoms with E-state index in [4.69, 9.17) is 4.74 Å². The highest BCUT2D eigenvalue weighted by atomic mass is 19.1. The summed E-state index contributed by atoms with van der Waals surface area (Å²) in [5, 5.41) is 3.60. The van der Waals surface area contributed by atoms with E-state index >= 15 is 0 Å². The third-order valence-electron chi connectivity index (χ3n) is 3.61. The Kier molecular flexibility index (Phi) is 4.58. The molecule has 3 heteroatoms. The Labute approximate surface area is 115 Å². The lowest BCUT2D eigenvalue weighted by atomic mass is 10.0. The van der Waals surface area contributed by atoms with Crippen LogP contribution in [0.4, 0.5) is 4.39 Å². The largest absolute Gasteiger partial charge is 0.375 e. The zero-order valence-electron chi connectivity index (χ0n) is 12.1. The lowest BCUT2D eigenvalue weighted by molar-refractivity contribution is -0.0111. The van der Waals surface area contributed by atoms with Crippen LogP contribution in [0.2, 0.25) is 0 Å². The first-order valence-corrected chi connectivity index (χ1v) is 7.14. The minimum Gasteiger partial charge on any atom is -0.375 e. The molecule has 0 saturated heterocycles. The second kappa shape index (κ2) is 6.02. The quantitative estimate of drug-likeness (QED) is 0.812. The molecule has 2 nitrogen and oxygen atoms in total. The summed E-state index contributed by atoms with van der Waals surface area (Å²) in [4.78, 5) is 0. The summed E-state index contributed by atoms with van der Waals surface area (Å²) in [6.45, 7) is 7.73. The summed E-state index contributed by atoms with van der Waals surface area (Å²) in [6.07, 6.45) is 2.51. The summed E-state index contributed by atoms with van der Waals surface area (Å²) in [6, 6.07) is 7.18. The van der Waals surface area contributed by atoms with E-state index in [1.807, 2.05) is 19.1 Å². The van der Waals surface area contributed by atoms with E-state index in [0.717, 1.165) is 13.2 Å². The minimum atomic E-state index is -0.173. The molecule has 0 aliphatic heterocycles. The lowest BCUT2D eigenvalue weighted by Crippen LogP contribution is -2.40. The number of benzene rings is 1. The van der Waals surface area contributed by atoms with Gasteiger partial charge in [0.15, 0.2) is 0 Å². The number of ether oxygens (including phenoxy) is 1. The minimum absolute atomic E-state index is 0.165. The average molecular weight is 265 g/mol. The Hall–Kier alpha value is -0.930. The molecule has 1 aliphatic rings. The molecular formula is C16H24FNO. The van der Waals surface area contributed by atoms with Gasteiger partial charge in [-0.25, -0.2) is 4.39 Å². The summed E-state index contributed by atoms with van der Waals surface area (Å²) in [5.74, 6) is 0.510. The van der Waals surface area contributed by atoms with Gasteiger partial charge in [-0.2, -0.15) is 0 Å². The number of rotatable bonds is 7. The van der Waals surface area contributed by atoms with Crippen molar-refractivity contribution in [3.63, 3.8) is 0 Å². The third-order valence-corrected chi connectivity index (χ3v) is 3.61. The molecule has 0 aromatic heterocycles. The van der Waals surface area contributed by atoms with Gasteiger partial charge in [-0.3, -0.25) is 0 Å². The van der Waals surface area contributed by atoms with Crippen LogP contribution < -0.4 is 5.32 Å². The molecule has 0 spiro atoms. The van der Waals surface area contributed by atoms with Crippen molar-refractivity contribution < 1.29 is 9.13 Å². The summed E-state index contributed by atoms with van der Waals surface area (Å²) in [5.41, 5.74) is 1.01. The van der Waals surface area contributed by atoms with Gasteiger partial charge in [-0.1, -0.05) is 12.1 Å². The Balaban J connectivity index is 1.99. The number of nitrogens with one attached hydrogen (secondary N) is 1. The van der Waals surface area contributed by atoms with Gasteiger partial charge in [-0.05, 0) is 57.2 Å². The predicted molar refractivity (Wildman–Crippen MR) is 75.6 cm³/mol. The summed E-state index contributed by atoms with van der Waals surface area (Å²) >= 11 is 0. The fraction of sp³-hybridized carbons (Fsp3) is 0.625. The summed E-state index contributed by atoms with van der Waals surface area (Å²) in [7, 11) is 0. The van der Waals surface area contributed by atoms with E-state index in [2.05, 4.69) is 19.2 Å². The molecule has 0 bridgehead atoms. The molecule has 1 saturated carbocycles. The van der Waals surface area contributed by atoms with Crippen LogP contribution in [0.15, 0.2) is 24.3 Å². The molecule has 0 amide bonds. The molecule has 0 radical (unpaired) electrons. The van der Waals surface area contributed by atoms with Gasteiger partial charge in [0.25, 0.3) is 0 Å². The molecular weight excluding hydrogens is 241 g/mol. The van der Waals surface area contributed by atoms with Crippen molar-refractivity contribution in [3.8, 4) is 0 Å². The molecule has 1 unspecified atom stereocenters. The molecule has 106 valence electrons. The first-order chi connectivity index (χ1) is 9.02. The van der Waals surface area contributed by atoms with Gasteiger partial charge in [-0.15, -0.1) is 0 Å². The maximum Gasteiger partial charge on any atom is 0.123 e. The van der Waals surface area contributed by atoms with Crippen LogP contribution in [0.3, 0.4) is 0 Å². The van der Waals surface area contributed by atoms with Crippen LogP contribution in [-0.2, 0) is 4.74 Å². The molecule has 1 fully saturated rings. The first-order valence-electron chi connectivity index (χ1n) is 7.14. The average Bonchev–Trinajstić information content (AvgIpc) is 3.16. The van der Waals surface area contributed by atoms with Crippen molar-refractivity contribution in [3.05, 3.63) is 35.6 Å². The topological polar surface area (TPSA) is 21.3 Å². The third kappa shape index (κ3) is 4.29. The Bertz CT molecular complexity index is 398. The lowest BCUT2D eigenvalue weighted by Gasteiger charge is -2.28. The Morgan fingerprint density at radius 3 is 2.47 bits per heavy atom. The van der Waals surface area contributed by atoms with Crippen molar-refractivity contribution in [1.29, 1.82) is 0 Å². The normalized spacial score (nSPS) is 17.5. The molecule has 1 atom stereocenters. The molecule has 1 N–H and O–H groups in total. The van der Waals surface area contributed by atoms with E-state index in [1.165, 1.54) is 18.4 Å². The van der Waals surface area contributed by atoms with Gasteiger partial charge >= 0.3 is 0 Å². The smallest absolute Gasteiger partial charge is 0.123 e. The van der Waals surface area contributed by atoms with Gasteiger partial charge in [0.05, 0.1) is 5.60 Å². The van der Waals surface area contributed by atoms with E-state index in [-0.39, 0.29) is 11.4 Å². The van der Waals surface area contributed by atoms with Crippen molar-refractivity contribution in [2.45, 2.75) is 45.3 Å². The van der Waals surface area contributed by atoms with Crippen LogP contribution in [-0.4, -0.2) is 18.8 Å². The van der Waals surface area contributed by atoms with E-state index < -0.39 is 0 Å². The van der Waals surface area contributed by atoms with Crippen LogP contribution in [0.25, 0.3) is 0 Å². The standard InChI is InChI=1S/C16H24FNO/c1-4-19-16(2,3)11-18-15(12-5-6-12)13-7-9-14(17)10-8-13/h7-10,12,15,18H,4-6,11H2,1-3H3. The fourth-order valence-electron chi connectivity index (χ4n) is 2.45. The van der Waals surface area contributed by atoms with Crippen LogP contribution >= 0.6 is 0 Å². The molecule has 0 heterocycles. The van der Waals surface area contributed by atoms with Gasteiger partial charge in [0.2, 0.25) is 0 Å². The Morgan fingerprint density at radius 1 is 1.32 bits per heavy atom. The zero-order chi connectivity index (χ0) is 13.9. The van der Waals surface area contributed by atoms with E-state index in [9.17, 15) is 4.39 Å². The molecule has 2 rings (SSSR count). The van der Waals surface area contributed by atoms with Crippen molar-refractivity contribution in [2.75, 3.05) is 13.2 Å². The van der Waals surface area contributed by atoms with Crippen LogP contribution in [0.5, 0.6) is 0 Å². The van der Waals surface area contributed by atoms with E-state index in [1.54, 1.807) is 12.1 Å². The van der Waals surface area contributed by atoms with Crippen LogP contribution in [0.1, 0.15) is 45.2 Å². The number of hydrogen-bond donors (Lipinski definition) is 1. The second-order valence-electron chi connectivity index (χ2n) is 5.94. The maximum atomic E-state index is 13.0. The van der Waals surface area contributed by atoms with Gasteiger partial charge in [0, 0.05) is 19.2 Å². The van der Waals surface area contributed by atoms with Gasteiger partial charge < -0.3 is 10.1 Å². The van der Waals surface area contributed by atoms with Crippen LogP contribution in [0, 0.1) is 11.7 Å².